The van der Waals surface area contributed by atoms with Crippen LogP contribution in [0.1, 0.15) is 22.3 Å². The van der Waals surface area contributed by atoms with Crippen molar-refractivity contribution in [3.05, 3.63) is 70.5 Å². The van der Waals surface area contributed by atoms with Gasteiger partial charge in [-0.15, -0.1) is 0 Å². The standard InChI is InChI=1S/C16H18FN/c1-12-4-3-5-14(8-12)10-18-11-15-6-7-16(17)9-13(15)2/h3-9,18H,10-11H2,1-2H3. The van der Waals surface area contributed by atoms with Crippen LogP contribution in [-0.4, -0.2) is 0 Å². The van der Waals surface area contributed by atoms with E-state index in [1.54, 1.807) is 6.07 Å². The van der Waals surface area contributed by atoms with Crippen LogP contribution in [-0.2, 0) is 13.1 Å². The van der Waals surface area contributed by atoms with Crippen molar-refractivity contribution in [3.8, 4) is 0 Å². The third-order valence-electron chi connectivity index (χ3n) is 3.03. The summed E-state index contributed by atoms with van der Waals surface area (Å²) < 4.78 is 13.0. The van der Waals surface area contributed by atoms with E-state index in [2.05, 4.69) is 36.5 Å². The summed E-state index contributed by atoms with van der Waals surface area (Å²) in [5.41, 5.74) is 4.68. The van der Waals surface area contributed by atoms with Crippen LogP contribution < -0.4 is 5.32 Å². The molecular formula is C16H18FN. The molecule has 1 N–H and O–H groups in total. The van der Waals surface area contributed by atoms with Gasteiger partial charge in [-0.3, -0.25) is 0 Å². The van der Waals surface area contributed by atoms with Crippen LogP contribution in [0.5, 0.6) is 0 Å². The third-order valence-corrected chi connectivity index (χ3v) is 3.03. The number of hydrogen-bond acceptors (Lipinski definition) is 1. The van der Waals surface area contributed by atoms with E-state index in [-0.39, 0.29) is 5.82 Å². The fourth-order valence-corrected chi connectivity index (χ4v) is 2.02. The van der Waals surface area contributed by atoms with Crippen molar-refractivity contribution >= 4 is 0 Å². The molecule has 0 radical (unpaired) electrons. The molecule has 0 saturated heterocycles. The van der Waals surface area contributed by atoms with Crippen molar-refractivity contribution in [1.29, 1.82) is 0 Å². The summed E-state index contributed by atoms with van der Waals surface area (Å²) in [5, 5.41) is 3.38. The summed E-state index contributed by atoms with van der Waals surface area (Å²) in [4.78, 5) is 0. The maximum Gasteiger partial charge on any atom is 0.123 e. The SMILES string of the molecule is Cc1cccc(CNCc2ccc(F)cc2C)c1. The molecule has 0 fully saturated rings. The van der Waals surface area contributed by atoms with E-state index in [9.17, 15) is 4.39 Å². The predicted molar refractivity (Wildman–Crippen MR) is 72.9 cm³/mol. The first-order valence-corrected chi connectivity index (χ1v) is 6.16. The Morgan fingerprint density at radius 3 is 2.56 bits per heavy atom. The minimum absolute atomic E-state index is 0.171. The molecular weight excluding hydrogens is 225 g/mol. The Bertz CT molecular complexity index is 534. The van der Waals surface area contributed by atoms with E-state index in [0.717, 1.165) is 24.2 Å². The number of rotatable bonds is 4. The predicted octanol–water partition coefficient (Wildman–Crippen LogP) is 3.73. The summed E-state index contributed by atoms with van der Waals surface area (Å²) in [5.74, 6) is -0.171. The van der Waals surface area contributed by atoms with Crippen molar-refractivity contribution in [1.82, 2.24) is 5.32 Å². The summed E-state index contributed by atoms with van der Waals surface area (Å²) >= 11 is 0. The van der Waals surface area contributed by atoms with Crippen LogP contribution in [0.2, 0.25) is 0 Å². The lowest BCUT2D eigenvalue weighted by atomic mass is 10.1. The van der Waals surface area contributed by atoms with Crippen LogP contribution in [0.3, 0.4) is 0 Å². The lowest BCUT2D eigenvalue weighted by molar-refractivity contribution is 0.623. The van der Waals surface area contributed by atoms with E-state index >= 15 is 0 Å². The molecule has 0 spiro atoms. The zero-order valence-electron chi connectivity index (χ0n) is 10.8. The smallest absolute Gasteiger partial charge is 0.123 e. The molecule has 1 nitrogen and oxygen atoms in total. The lowest BCUT2D eigenvalue weighted by Crippen LogP contribution is -2.13. The second-order valence-corrected chi connectivity index (χ2v) is 4.66. The van der Waals surface area contributed by atoms with Crippen LogP contribution in [0.4, 0.5) is 4.39 Å². The zero-order chi connectivity index (χ0) is 13.0. The molecule has 2 aromatic rings. The highest BCUT2D eigenvalue weighted by atomic mass is 19.1. The molecule has 0 aromatic heterocycles. The first-order valence-electron chi connectivity index (χ1n) is 6.16. The van der Waals surface area contributed by atoms with Crippen molar-refractivity contribution < 1.29 is 4.39 Å². The molecule has 0 aliphatic heterocycles. The molecule has 18 heavy (non-hydrogen) atoms. The Balaban J connectivity index is 1.92. The van der Waals surface area contributed by atoms with E-state index < -0.39 is 0 Å². The van der Waals surface area contributed by atoms with E-state index in [1.807, 2.05) is 13.0 Å². The van der Waals surface area contributed by atoms with Crippen LogP contribution in [0.15, 0.2) is 42.5 Å². The van der Waals surface area contributed by atoms with Gasteiger partial charge in [-0.2, -0.15) is 0 Å². The fourth-order valence-electron chi connectivity index (χ4n) is 2.02. The van der Waals surface area contributed by atoms with Crippen LogP contribution in [0, 0.1) is 19.7 Å². The van der Waals surface area contributed by atoms with E-state index in [1.165, 1.54) is 17.2 Å². The van der Waals surface area contributed by atoms with Crippen molar-refractivity contribution in [2.45, 2.75) is 26.9 Å². The Hall–Kier alpha value is -1.67. The topological polar surface area (TPSA) is 12.0 Å². The van der Waals surface area contributed by atoms with Gasteiger partial charge in [0.25, 0.3) is 0 Å². The Labute approximate surface area is 108 Å². The molecule has 0 unspecified atom stereocenters. The molecule has 2 aromatic carbocycles. The molecule has 94 valence electrons. The third kappa shape index (κ3) is 3.41. The van der Waals surface area contributed by atoms with Gasteiger partial charge < -0.3 is 5.32 Å². The Morgan fingerprint density at radius 1 is 1.00 bits per heavy atom. The number of halogens is 1. The van der Waals surface area contributed by atoms with Gasteiger partial charge in [0.2, 0.25) is 0 Å². The normalized spacial score (nSPS) is 10.6. The van der Waals surface area contributed by atoms with Gasteiger partial charge in [0.1, 0.15) is 5.82 Å². The first-order chi connectivity index (χ1) is 8.65. The number of hydrogen-bond donors (Lipinski definition) is 1. The van der Waals surface area contributed by atoms with Crippen molar-refractivity contribution in [3.63, 3.8) is 0 Å². The van der Waals surface area contributed by atoms with Gasteiger partial charge >= 0.3 is 0 Å². The highest BCUT2D eigenvalue weighted by molar-refractivity contribution is 5.27. The highest BCUT2D eigenvalue weighted by Gasteiger charge is 2.00. The maximum absolute atomic E-state index is 13.0. The highest BCUT2D eigenvalue weighted by Crippen LogP contribution is 2.10. The molecule has 2 rings (SSSR count). The van der Waals surface area contributed by atoms with E-state index in [0.29, 0.717) is 0 Å². The van der Waals surface area contributed by atoms with Gasteiger partial charge in [-0.25, -0.2) is 4.39 Å². The lowest BCUT2D eigenvalue weighted by Gasteiger charge is -2.08. The molecule has 0 amide bonds. The molecule has 0 heterocycles. The van der Waals surface area contributed by atoms with Gasteiger partial charge in [0, 0.05) is 13.1 Å². The van der Waals surface area contributed by atoms with Crippen molar-refractivity contribution in [2.75, 3.05) is 0 Å². The van der Waals surface area contributed by atoms with Gasteiger partial charge in [-0.1, -0.05) is 35.9 Å². The molecule has 0 aliphatic carbocycles. The fraction of sp³-hybridized carbons (Fsp3) is 0.250. The van der Waals surface area contributed by atoms with E-state index in [4.69, 9.17) is 0 Å². The van der Waals surface area contributed by atoms with Crippen LogP contribution >= 0.6 is 0 Å². The molecule has 0 atom stereocenters. The van der Waals surface area contributed by atoms with Crippen molar-refractivity contribution in [2.24, 2.45) is 0 Å². The minimum atomic E-state index is -0.171. The monoisotopic (exact) mass is 243 g/mol. The average Bonchev–Trinajstić information content (AvgIpc) is 2.32. The quantitative estimate of drug-likeness (QED) is 0.862. The Kier molecular flexibility index (Phi) is 4.11. The number of benzene rings is 2. The summed E-state index contributed by atoms with van der Waals surface area (Å²) in [6.45, 7) is 5.62. The second-order valence-electron chi connectivity index (χ2n) is 4.66. The molecule has 0 saturated carbocycles. The number of nitrogens with one attached hydrogen (secondary N) is 1. The van der Waals surface area contributed by atoms with Gasteiger partial charge in [-0.05, 0) is 42.7 Å². The van der Waals surface area contributed by atoms with Gasteiger partial charge in [0.15, 0.2) is 0 Å². The molecule has 2 heteroatoms. The second kappa shape index (κ2) is 5.78. The van der Waals surface area contributed by atoms with Gasteiger partial charge in [0.05, 0.1) is 0 Å². The average molecular weight is 243 g/mol. The summed E-state index contributed by atoms with van der Waals surface area (Å²) in [7, 11) is 0. The summed E-state index contributed by atoms with van der Waals surface area (Å²) in [6.07, 6.45) is 0. The molecule has 0 aliphatic rings. The largest absolute Gasteiger partial charge is 0.309 e. The maximum atomic E-state index is 13.0. The zero-order valence-corrected chi connectivity index (χ0v) is 10.8. The number of aryl methyl sites for hydroxylation is 2. The summed E-state index contributed by atoms with van der Waals surface area (Å²) in [6, 6.07) is 13.4. The minimum Gasteiger partial charge on any atom is -0.309 e. The molecule has 0 bridgehead atoms. The Morgan fingerprint density at radius 2 is 1.83 bits per heavy atom. The van der Waals surface area contributed by atoms with Crippen LogP contribution in [0.25, 0.3) is 0 Å². The first kappa shape index (κ1) is 12.8.